The number of allylic oxidation sites excluding steroid dienone is 1. The van der Waals surface area contributed by atoms with Crippen molar-refractivity contribution < 1.29 is 76.8 Å². The molecule has 4 rings (SSSR count). The molecule has 0 bridgehead atoms. The zero-order valence-corrected chi connectivity index (χ0v) is 36.3. The number of ether oxygens (including phenoxy) is 9. The van der Waals surface area contributed by atoms with Gasteiger partial charge in [0.15, 0.2) is 24.5 Å². The molecule has 0 saturated carbocycles. The molecule has 17 heteroatoms. The Kier molecular flexibility index (Phi) is 17.6. The van der Waals surface area contributed by atoms with E-state index in [1.54, 1.807) is 59.7 Å². The van der Waals surface area contributed by atoms with Gasteiger partial charge < -0.3 is 62.5 Å². The molecule has 2 N–H and O–H groups in total. The molecule has 0 radical (unpaired) electrons. The zero-order chi connectivity index (χ0) is 43.9. The van der Waals surface area contributed by atoms with Crippen molar-refractivity contribution in [3.05, 3.63) is 12.2 Å². The third-order valence-corrected chi connectivity index (χ3v) is 11.4. The lowest BCUT2D eigenvalue weighted by Crippen LogP contribution is -2.66. The second-order valence-electron chi connectivity index (χ2n) is 17.5. The van der Waals surface area contributed by atoms with E-state index in [-0.39, 0.29) is 49.6 Å². The van der Waals surface area contributed by atoms with Gasteiger partial charge in [0, 0.05) is 45.6 Å². The van der Waals surface area contributed by atoms with Crippen LogP contribution in [0.25, 0.3) is 0 Å². The highest BCUT2D eigenvalue weighted by Gasteiger charge is 2.53. The van der Waals surface area contributed by atoms with Gasteiger partial charge in [-0.1, -0.05) is 20.8 Å². The van der Waals surface area contributed by atoms with E-state index in [0.29, 0.717) is 12.7 Å². The fourth-order valence-electron chi connectivity index (χ4n) is 8.51. The van der Waals surface area contributed by atoms with Crippen molar-refractivity contribution in [1.82, 2.24) is 4.90 Å². The maximum absolute atomic E-state index is 13.4. The summed E-state index contributed by atoms with van der Waals surface area (Å²) in [7, 11) is 4.82. The first kappa shape index (κ1) is 48.8. The van der Waals surface area contributed by atoms with Crippen molar-refractivity contribution in [3.63, 3.8) is 0 Å². The Labute approximate surface area is 347 Å². The van der Waals surface area contributed by atoms with Gasteiger partial charge in [-0.25, -0.2) is 0 Å². The van der Waals surface area contributed by atoms with Crippen molar-refractivity contribution in [2.24, 2.45) is 17.8 Å². The SMILES string of the molecule is COC1C(OC(C)=O)CC(=O)OC(C)CC2OC2/C=C\C(=O)C(C)CC(CC=O)C1OC1OC(C)C(OC2CC(C)(O)C(OC(=O)CC(C)C)C(C)O2)C(N(C)C)C1O. The molecule has 0 spiro atoms. The van der Waals surface area contributed by atoms with Gasteiger partial charge in [0.05, 0.1) is 36.9 Å². The van der Waals surface area contributed by atoms with Crippen LogP contribution in [0.4, 0.5) is 0 Å². The summed E-state index contributed by atoms with van der Waals surface area (Å²) in [5.41, 5.74) is -1.51. The number of hydrogen-bond donors (Lipinski definition) is 2. The minimum Gasteiger partial charge on any atom is -0.462 e. The number of likely N-dealkylation sites (N-methyl/N-ethyl adjacent to an activating group) is 1. The number of aldehydes is 1. The molecule has 0 amide bonds. The third-order valence-electron chi connectivity index (χ3n) is 11.4. The first-order valence-corrected chi connectivity index (χ1v) is 20.7. The molecule has 17 unspecified atom stereocenters. The summed E-state index contributed by atoms with van der Waals surface area (Å²) in [5.74, 6) is -3.35. The number of ketones is 1. The molecule has 0 aromatic carbocycles. The van der Waals surface area contributed by atoms with Crippen molar-refractivity contribution >= 4 is 30.0 Å². The molecular formula is C42H67NO16. The van der Waals surface area contributed by atoms with Crippen molar-refractivity contribution in [3.8, 4) is 0 Å². The molecule has 4 heterocycles. The van der Waals surface area contributed by atoms with Crippen LogP contribution in [0.15, 0.2) is 12.2 Å². The maximum Gasteiger partial charge on any atom is 0.309 e. The van der Waals surface area contributed by atoms with Crippen LogP contribution in [0.1, 0.15) is 93.9 Å². The van der Waals surface area contributed by atoms with Crippen LogP contribution < -0.4 is 0 Å². The number of hydrogen-bond acceptors (Lipinski definition) is 17. The van der Waals surface area contributed by atoms with Crippen LogP contribution in [0, 0.1) is 17.8 Å². The van der Waals surface area contributed by atoms with E-state index in [0.717, 1.165) is 0 Å². The van der Waals surface area contributed by atoms with Crippen LogP contribution >= 0.6 is 0 Å². The number of epoxide rings is 1. The molecule has 17 atom stereocenters. The molecule has 0 aromatic heterocycles. The first-order valence-electron chi connectivity index (χ1n) is 20.7. The lowest BCUT2D eigenvalue weighted by atomic mass is 9.83. The van der Waals surface area contributed by atoms with Crippen LogP contribution in [-0.4, -0.2) is 158 Å². The smallest absolute Gasteiger partial charge is 0.309 e. The van der Waals surface area contributed by atoms with E-state index in [9.17, 15) is 34.2 Å². The Balaban J connectivity index is 1.64. The van der Waals surface area contributed by atoms with E-state index in [4.69, 9.17) is 42.6 Å². The number of fused-ring (bicyclic) bond motifs is 1. The molecule has 3 saturated heterocycles. The molecule has 17 nitrogen and oxygen atoms in total. The predicted molar refractivity (Wildman–Crippen MR) is 208 cm³/mol. The molecule has 59 heavy (non-hydrogen) atoms. The number of cyclic esters (lactones) is 1. The van der Waals surface area contributed by atoms with Gasteiger partial charge in [0.2, 0.25) is 0 Å². The summed E-state index contributed by atoms with van der Waals surface area (Å²) in [6.45, 7) is 13.4. The summed E-state index contributed by atoms with van der Waals surface area (Å²) in [5, 5.41) is 23.5. The first-order chi connectivity index (χ1) is 27.6. The summed E-state index contributed by atoms with van der Waals surface area (Å²) < 4.78 is 54.2. The number of rotatable bonds is 12. The fraction of sp³-hybridized carbons (Fsp3) is 0.833. The topological polar surface area (TPSA) is 215 Å². The Morgan fingerprint density at radius 3 is 2.29 bits per heavy atom. The number of methoxy groups -OCH3 is 1. The van der Waals surface area contributed by atoms with Gasteiger partial charge in [-0.05, 0) is 72.2 Å². The van der Waals surface area contributed by atoms with Crippen LogP contribution in [-0.2, 0) is 66.6 Å². The maximum atomic E-state index is 13.4. The van der Waals surface area contributed by atoms with E-state index in [2.05, 4.69) is 0 Å². The number of esters is 3. The molecule has 0 aliphatic carbocycles. The second-order valence-corrected chi connectivity index (χ2v) is 17.5. The van der Waals surface area contributed by atoms with Crippen molar-refractivity contribution in [2.45, 2.75) is 185 Å². The Hall–Kier alpha value is -2.87. The summed E-state index contributed by atoms with van der Waals surface area (Å²) >= 11 is 0. The normalized spacial score (nSPS) is 41.7. The molecular weight excluding hydrogens is 774 g/mol. The third kappa shape index (κ3) is 13.3. The van der Waals surface area contributed by atoms with Gasteiger partial charge >= 0.3 is 17.9 Å². The Bertz CT molecular complexity index is 1470. The highest BCUT2D eigenvalue weighted by atomic mass is 16.7. The number of carbonyl (C=O) groups is 5. The van der Waals surface area contributed by atoms with E-state index in [1.165, 1.54) is 20.1 Å². The number of aliphatic hydroxyl groups is 2. The van der Waals surface area contributed by atoms with Crippen LogP contribution in [0.3, 0.4) is 0 Å². The average molecular weight is 842 g/mol. The molecule has 0 aromatic rings. The molecule has 3 fully saturated rings. The van der Waals surface area contributed by atoms with Gasteiger partial charge in [-0.15, -0.1) is 0 Å². The minimum atomic E-state index is -1.51. The average Bonchev–Trinajstić information content (AvgIpc) is 3.85. The van der Waals surface area contributed by atoms with Gasteiger partial charge in [-0.2, -0.15) is 0 Å². The van der Waals surface area contributed by atoms with E-state index < -0.39 is 115 Å². The second kappa shape index (κ2) is 21.3. The van der Waals surface area contributed by atoms with E-state index in [1.807, 2.05) is 13.8 Å². The van der Waals surface area contributed by atoms with Crippen LogP contribution in [0.5, 0.6) is 0 Å². The largest absolute Gasteiger partial charge is 0.462 e. The summed E-state index contributed by atoms with van der Waals surface area (Å²) in [4.78, 5) is 65.8. The fourth-order valence-corrected chi connectivity index (χ4v) is 8.51. The summed E-state index contributed by atoms with van der Waals surface area (Å²) in [6, 6.07) is -0.800. The van der Waals surface area contributed by atoms with Crippen molar-refractivity contribution in [1.29, 1.82) is 0 Å². The highest BCUT2D eigenvalue weighted by molar-refractivity contribution is 5.91. The summed E-state index contributed by atoms with van der Waals surface area (Å²) in [6.07, 6.45) is -7.99. The van der Waals surface area contributed by atoms with Crippen molar-refractivity contribution in [2.75, 3.05) is 21.2 Å². The number of nitrogens with zero attached hydrogens (tertiary/aromatic N) is 1. The lowest BCUT2D eigenvalue weighted by molar-refractivity contribution is -0.344. The lowest BCUT2D eigenvalue weighted by Gasteiger charge is -2.50. The Morgan fingerprint density at radius 1 is 1.00 bits per heavy atom. The van der Waals surface area contributed by atoms with E-state index >= 15 is 0 Å². The van der Waals surface area contributed by atoms with Gasteiger partial charge in [0.25, 0.3) is 0 Å². The monoisotopic (exact) mass is 841 g/mol. The van der Waals surface area contributed by atoms with Gasteiger partial charge in [-0.3, -0.25) is 19.2 Å². The minimum absolute atomic E-state index is 0.0551. The standard InChI is InChI=1S/C42H67NO16/c1-21(2)16-32(47)57-40-25(6)53-34(20-42(40,8)50)58-37-24(5)54-41(36(49)35(37)43(9)10)59-38-27(14-15-44)17-22(3)28(46)12-13-29-30(56-29)18-23(4)52-33(48)19-31(39(38)51-11)55-26(7)45/h12-13,15,21-25,27,29-31,34-41,49-50H,14,16-20H2,1-11H3/b13-12-. The van der Waals surface area contributed by atoms with Crippen LogP contribution in [0.2, 0.25) is 0 Å². The predicted octanol–water partition coefficient (Wildman–Crippen LogP) is 2.43. The Morgan fingerprint density at radius 2 is 1.69 bits per heavy atom. The molecule has 4 aliphatic heterocycles. The number of carbonyl (C=O) groups excluding carboxylic acids is 5. The quantitative estimate of drug-likeness (QED) is 0.125. The molecule has 4 aliphatic rings. The number of aliphatic hydroxyl groups excluding tert-OH is 1. The highest BCUT2D eigenvalue weighted by Crippen LogP contribution is 2.38. The zero-order valence-electron chi connectivity index (χ0n) is 36.3. The van der Waals surface area contributed by atoms with Gasteiger partial charge in [0.1, 0.15) is 48.5 Å². The molecule has 336 valence electrons.